The lowest BCUT2D eigenvalue weighted by Gasteiger charge is -2.23. The first-order chi connectivity index (χ1) is 13.0. The number of fused-ring (bicyclic) bond motifs is 8. The van der Waals surface area contributed by atoms with Crippen LogP contribution in [0, 0.1) is 0 Å². The van der Waals surface area contributed by atoms with Crippen LogP contribution in [0.4, 0.5) is 0 Å². The molecule has 0 radical (unpaired) electrons. The van der Waals surface area contributed by atoms with Crippen molar-refractivity contribution in [3.63, 3.8) is 0 Å². The van der Waals surface area contributed by atoms with Gasteiger partial charge in [0.2, 0.25) is 0 Å². The molecule has 2 aliphatic heterocycles. The smallest absolute Gasteiger partial charge is 0.252 e. The van der Waals surface area contributed by atoms with Crippen molar-refractivity contribution in [2.75, 3.05) is 6.54 Å². The van der Waals surface area contributed by atoms with Crippen molar-refractivity contribution in [3.8, 4) is 5.75 Å². The molecule has 5 N–H and O–H groups in total. The Kier molecular flexibility index (Phi) is 2.57. The van der Waals surface area contributed by atoms with E-state index >= 15 is 0 Å². The van der Waals surface area contributed by atoms with Gasteiger partial charge in [0.05, 0.1) is 17.7 Å². The van der Waals surface area contributed by atoms with Crippen LogP contribution in [0.15, 0.2) is 46.8 Å². The Morgan fingerprint density at radius 2 is 1.96 bits per heavy atom. The summed E-state index contributed by atoms with van der Waals surface area (Å²) < 4.78 is 0. The predicted octanol–water partition coefficient (Wildman–Crippen LogP) is 1.49. The quantitative estimate of drug-likeness (QED) is 0.488. The van der Waals surface area contributed by atoms with Gasteiger partial charge in [0.15, 0.2) is 5.78 Å². The van der Waals surface area contributed by atoms with E-state index in [9.17, 15) is 19.8 Å². The van der Waals surface area contributed by atoms with Gasteiger partial charge in [-0.1, -0.05) is 0 Å². The van der Waals surface area contributed by atoms with Crippen LogP contribution < -0.4 is 10.6 Å². The molecule has 0 saturated heterocycles. The summed E-state index contributed by atoms with van der Waals surface area (Å²) in [5.74, 6) is -0.186. The highest BCUT2D eigenvalue weighted by molar-refractivity contribution is 6.15. The molecule has 1 aromatic carbocycles. The standard InChI is InChI=1S/C20H15N3O4/c24-7-1-2-12-9(3-7)14-11-6-21-20(27)16(11)15-10-4-8(25)5-13(26)17(10)23-19(15)18(14)22-12/h1-3,5,17,19,22-24,26H,4,6H2,(H,21,27). The van der Waals surface area contributed by atoms with Crippen LogP contribution in [0.25, 0.3) is 16.5 Å². The summed E-state index contributed by atoms with van der Waals surface area (Å²) in [5, 5.41) is 27.4. The lowest BCUT2D eigenvalue weighted by atomic mass is 9.80. The van der Waals surface area contributed by atoms with Crippen LogP contribution in [-0.2, 0) is 9.59 Å². The van der Waals surface area contributed by atoms with Gasteiger partial charge in [-0.25, -0.2) is 0 Å². The highest BCUT2D eigenvalue weighted by Crippen LogP contribution is 2.51. The minimum atomic E-state index is -0.462. The maximum Gasteiger partial charge on any atom is 0.252 e. The Labute approximate surface area is 153 Å². The number of H-pyrrole nitrogens is 1. The lowest BCUT2D eigenvalue weighted by molar-refractivity contribution is -0.116. The normalized spacial score (nSPS) is 26.0. The van der Waals surface area contributed by atoms with Gasteiger partial charge in [0.1, 0.15) is 11.5 Å². The minimum absolute atomic E-state index is 0.0148. The Balaban J connectivity index is 1.70. The molecule has 0 saturated carbocycles. The molecule has 134 valence electrons. The topological polar surface area (TPSA) is 114 Å². The van der Waals surface area contributed by atoms with Crippen molar-refractivity contribution >= 4 is 28.2 Å². The molecule has 1 amide bonds. The number of ketones is 1. The molecular formula is C20H15N3O4. The van der Waals surface area contributed by atoms with Crippen molar-refractivity contribution in [2.24, 2.45) is 0 Å². The van der Waals surface area contributed by atoms with E-state index in [-0.39, 0.29) is 35.7 Å². The Morgan fingerprint density at radius 1 is 1.11 bits per heavy atom. The van der Waals surface area contributed by atoms with Crippen LogP contribution >= 0.6 is 0 Å². The van der Waals surface area contributed by atoms with Crippen LogP contribution in [-0.4, -0.2) is 39.5 Å². The summed E-state index contributed by atoms with van der Waals surface area (Å²) in [7, 11) is 0. The van der Waals surface area contributed by atoms with E-state index in [0.29, 0.717) is 12.1 Å². The molecule has 4 aliphatic rings. The van der Waals surface area contributed by atoms with Crippen molar-refractivity contribution in [3.05, 3.63) is 58.0 Å². The number of aliphatic hydroxyl groups is 1. The number of phenolic OH excluding ortho intramolecular Hbond substituents is 1. The zero-order chi connectivity index (χ0) is 18.4. The second kappa shape index (κ2) is 4.69. The van der Waals surface area contributed by atoms with Gasteiger partial charge in [-0.3, -0.25) is 14.9 Å². The molecule has 0 fully saturated rings. The van der Waals surface area contributed by atoms with Gasteiger partial charge in [0.25, 0.3) is 5.91 Å². The monoisotopic (exact) mass is 361 g/mol. The first-order valence-corrected chi connectivity index (χ1v) is 8.82. The molecule has 2 aliphatic carbocycles. The fourth-order valence-electron chi connectivity index (χ4n) is 4.90. The van der Waals surface area contributed by atoms with Gasteiger partial charge in [-0.15, -0.1) is 0 Å². The Hall–Kier alpha value is -3.32. The number of nitrogens with one attached hydrogen (secondary N) is 3. The van der Waals surface area contributed by atoms with Crippen molar-refractivity contribution in [1.29, 1.82) is 0 Å². The van der Waals surface area contributed by atoms with Crippen LogP contribution in [0.3, 0.4) is 0 Å². The van der Waals surface area contributed by atoms with Crippen molar-refractivity contribution in [2.45, 2.75) is 18.5 Å². The van der Waals surface area contributed by atoms with E-state index < -0.39 is 6.04 Å². The lowest BCUT2D eigenvalue weighted by Crippen LogP contribution is -2.33. The third kappa shape index (κ3) is 1.74. The van der Waals surface area contributed by atoms with E-state index in [4.69, 9.17) is 0 Å². The molecule has 1 aromatic heterocycles. The highest BCUT2D eigenvalue weighted by atomic mass is 16.3. The van der Waals surface area contributed by atoms with Gasteiger partial charge in [0, 0.05) is 41.2 Å². The van der Waals surface area contributed by atoms with Gasteiger partial charge >= 0.3 is 0 Å². The molecule has 2 aromatic rings. The molecule has 7 heteroatoms. The molecule has 0 bridgehead atoms. The second-order valence-electron chi connectivity index (χ2n) is 7.36. The average Bonchev–Trinajstić information content (AvgIpc) is 3.28. The molecular weight excluding hydrogens is 346 g/mol. The number of aromatic hydroxyl groups is 1. The maximum atomic E-state index is 12.7. The number of hydrogen-bond acceptors (Lipinski definition) is 5. The van der Waals surface area contributed by atoms with Crippen LogP contribution in [0.1, 0.15) is 23.7 Å². The molecule has 7 nitrogen and oxygen atoms in total. The van der Waals surface area contributed by atoms with Crippen LogP contribution in [0.5, 0.6) is 5.75 Å². The van der Waals surface area contributed by atoms with Gasteiger partial charge in [-0.05, 0) is 34.9 Å². The number of aromatic amines is 1. The molecule has 27 heavy (non-hydrogen) atoms. The van der Waals surface area contributed by atoms with Gasteiger partial charge in [-0.2, -0.15) is 0 Å². The van der Waals surface area contributed by atoms with E-state index in [1.54, 1.807) is 12.1 Å². The average molecular weight is 361 g/mol. The highest BCUT2D eigenvalue weighted by Gasteiger charge is 2.48. The SMILES string of the molecule is O=C1C=C(O)C2NC3C(=C2C1)C1=C(CNC1=O)c1c3[nH]c2ccc(O)cc12. The fraction of sp³-hybridized carbons (Fsp3) is 0.200. The number of aromatic nitrogens is 1. The summed E-state index contributed by atoms with van der Waals surface area (Å²) >= 11 is 0. The summed E-state index contributed by atoms with van der Waals surface area (Å²) in [6.07, 6.45) is 1.45. The molecule has 2 atom stereocenters. The Bertz CT molecular complexity index is 1200. The zero-order valence-corrected chi connectivity index (χ0v) is 14.1. The van der Waals surface area contributed by atoms with Crippen molar-refractivity contribution < 1.29 is 19.8 Å². The largest absolute Gasteiger partial charge is 0.510 e. The number of phenols is 1. The number of aliphatic hydroxyl groups excluding tert-OH is 1. The first-order valence-electron chi connectivity index (χ1n) is 8.82. The summed E-state index contributed by atoms with van der Waals surface area (Å²) in [4.78, 5) is 28.1. The third-order valence-corrected chi connectivity index (χ3v) is 5.91. The molecule has 0 spiro atoms. The molecule has 2 unspecified atom stereocenters. The zero-order valence-electron chi connectivity index (χ0n) is 14.1. The Morgan fingerprint density at radius 3 is 2.81 bits per heavy atom. The van der Waals surface area contributed by atoms with Crippen LogP contribution in [0.2, 0.25) is 0 Å². The van der Waals surface area contributed by atoms with E-state index in [1.807, 2.05) is 6.07 Å². The molecule has 3 heterocycles. The predicted molar refractivity (Wildman–Crippen MR) is 96.9 cm³/mol. The van der Waals surface area contributed by atoms with Crippen molar-refractivity contribution in [1.82, 2.24) is 15.6 Å². The minimum Gasteiger partial charge on any atom is -0.510 e. The van der Waals surface area contributed by atoms with E-state index in [1.165, 1.54) is 6.08 Å². The van der Waals surface area contributed by atoms with Gasteiger partial charge < -0.3 is 20.5 Å². The number of amides is 1. The number of carbonyl (C=O) groups excluding carboxylic acids is 2. The fourth-order valence-corrected chi connectivity index (χ4v) is 4.90. The summed E-state index contributed by atoms with van der Waals surface area (Å²) in [6, 6.07) is 4.34. The molecule has 6 rings (SSSR count). The second-order valence-corrected chi connectivity index (χ2v) is 7.36. The number of rotatable bonds is 0. The van der Waals surface area contributed by atoms with E-state index in [2.05, 4.69) is 15.6 Å². The van der Waals surface area contributed by atoms with E-state index in [0.717, 1.165) is 38.9 Å². The number of carbonyl (C=O) groups is 2. The number of benzene rings is 1. The maximum absolute atomic E-state index is 12.7. The number of hydrogen-bond donors (Lipinski definition) is 5. The summed E-state index contributed by atoms with van der Waals surface area (Å²) in [5.41, 5.74) is 5.68. The first kappa shape index (κ1) is 14.8. The summed E-state index contributed by atoms with van der Waals surface area (Å²) in [6.45, 7) is 0.397. The number of allylic oxidation sites excluding steroid dienone is 1. The third-order valence-electron chi connectivity index (χ3n) is 5.91.